The molecule has 0 bridgehead atoms. The fourth-order valence-electron chi connectivity index (χ4n) is 4.17. The van der Waals surface area contributed by atoms with Crippen molar-refractivity contribution in [1.82, 2.24) is 4.90 Å². The highest BCUT2D eigenvalue weighted by molar-refractivity contribution is 7.13. The second-order valence-corrected chi connectivity index (χ2v) is 9.08. The van der Waals surface area contributed by atoms with Crippen molar-refractivity contribution in [3.63, 3.8) is 0 Å². The summed E-state index contributed by atoms with van der Waals surface area (Å²) in [5, 5.41) is 10.9. The molecule has 1 aliphatic heterocycles. The lowest BCUT2D eigenvalue weighted by Crippen LogP contribution is -2.35. The molecule has 0 saturated carbocycles. The quantitative estimate of drug-likeness (QED) is 0.443. The van der Waals surface area contributed by atoms with E-state index in [4.69, 9.17) is 9.84 Å². The first-order chi connectivity index (χ1) is 15.2. The first-order valence-electron chi connectivity index (χ1n) is 11.0. The van der Waals surface area contributed by atoms with Crippen molar-refractivity contribution < 1.29 is 14.6 Å². The van der Waals surface area contributed by atoms with Gasteiger partial charge in [0.25, 0.3) is 0 Å². The molecule has 5 heteroatoms. The minimum absolute atomic E-state index is 0.238. The Morgan fingerprint density at radius 3 is 2.48 bits per heavy atom. The molecule has 0 amide bonds. The Balaban J connectivity index is 1.26. The molecule has 0 spiro atoms. The predicted molar refractivity (Wildman–Crippen MR) is 126 cm³/mol. The van der Waals surface area contributed by atoms with Crippen LogP contribution in [-0.2, 0) is 11.2 Å². The molecule has 4 rings (SSSR count). The molecule has 4 nitrogen and oxygen atoms in total. The number of ether oxygens (including phenoxy) is 1. The van der Waals surface area contributed by atoms with E-state index in [1.807, 2.05) is 0 Å². The van der Waals surface area contributed by atoms with Crippen LogP contribution in [0.25, 0.3) is 10.4 Å². The van der Waals surface area contributed by atoms with Crippen molar-refractivity contribution in [2.24, 2.45) is 0 Å². The molecule has 0 unspecified atom stereocenters. The third-order valence-corrected chi connectivity index (χ3v) is 6.79. The van der Waals surface area contributed by atoms with Crippen LogP contribution in [0.1, 0.15) is 36.8 Å². The number of nitrogens with zero attached hydrogens (tertiary/aromatic N) is 1. The molecule has 0 radical (unpaired) electrons. The standard InChI is InChI=1S/C26H29NO3S/c28-26(29)6-2-16-27-15-1-4-23(27)19-30-24-13-9-21(10-14-24)18-20-7-11-22(12-8-20)25-5-3-17-31-25/h3,5,7-14,17,23H,1-2,4,6,15-16,18-19H2,(H,28,29)/t23-/m1/s1. The summed E-state index contributed by atoms with van der Waals surface area (Å²) in [5.41, 5.74) is 3.84. The highest BCUT2D eigenvalue weighted by Crippen LogP contribution is 2.25. The minimum Gasteiger partial charge on any atom is -0.492 e. The highest BCUT2D eigenvalue weighted by atomic mass is 32.1. The predicted octanol–water partition coefficient (Wildman–Crippen LogP) is 5.71. The number of thiophene rings is 1. The van der Waals surface area contributed by atoms with Crippen LogP contribution < -0.4 is 4.74 Å². The third-order valence-electron chi connectivity index (χ3n) is 5.87. The van der Waals surface area contributed by atoms with E-state index in [0.717, 1.165) is 38.1 Å². The lowest BCUT2D eigenvalue weighted by molar-refractivity contribution is -0.137. The average molecular weight is 436 g/mol. The van der Waals surface area contributed by atoms with Crippen LogP contribution >= 0.6 is 11.3 Å². The van der Waals surface area contributed by atoms with Gasteiger partial charge in [0.05, 0.1) is 0 Å². The molecule has 3 aromatic rings. The largest absolute Gasteiger partial charge is 0.492 e. The van der Waals surface area contributed by atoms with Crippen LogP contribution in [-0.4, -0.2) is 41.7 Å². The molecule has 1 N–H and O–H groups in total. The van der Waals surface area contributed by atoms with Gasteiger partial charge < -0.3 is 9.84 Å². The number of carbonyl (C=O) groups is 1. The Kier molecular flexibility index (Phi) is 7.39. The van der Waals surface area contributed by atoms with Crippen molar-refractivity contribution in [2.45, 2.75) is 38.1 Å². The first kappa shape index (κ1) is 21.6. The van der Waals surface area contributed by atoms with Crippen molar-refractivity contribution in [2.75, 3.05) is 19.7 Å². The Morgan fingerprint density at radius 2 is 1.81 bits per heavy atom. The van der Waals surface area contributed by atoms with Crippen molar-refractivity contribution in [3.8, 4) is 16.2 Å². The van der Waals surface area contributed by atoms with E-state index in [9.17, 15) is 4.79 Å². The zero-order chi connectivity index (χ0) is 21.5. The van der Waals surface area contributed by atoms with E-state index < -0.39 is 5.97 Å². The molecular formula is C26H29NO3S. The Bertz CT molecular complexity index is 951. The molecule has 1 aromatic heterocycles. The van der Waals surface area contributed by atoms with E-state index in [1.165, 1.54) is 21.6 Å². The van der Waals surface area contributed by atoms with Crippen LogP contribution in [0.15, 0.2) is 66.0 Å². The molecule has 1 atom stereocenters. The van der Waals surface area contributed by atoms with Gasteiger partial charge in [-0.2, -0.15) is 0 Å². The molecule has 1 fully saturated rings. The van der Waals surface area contributed by atoms with Crippen LogP contribution in [0.2, 0.25) is 0 Å². The molecule has 2 aromatic carbocycles. The van der Waals surface area contributed by atoms with Crippen LogP contribution in [0.4, 0.5) is 0 Å². The second kappa shape index (κ2) is 10.6. The van der Waals surface area contributed by atoms with Gasteiger partial charge in [-0.1, -0.05) is 42.5 Å². The Hall–Kier alpha value is -2.63. The number of hydrogen-bond donors (Lipinski definition) is 1. The number of aliphatic carboxylic acids is 1. The zero-order valence-electron chi connectivity index (χ0n) is 17.7. The maximum atomic E-state index is 10.7. The molecule has 1 saturated heterocycles. The van der Waals surface area contributed by atoms with Crippen LogP contribution in [0.5, 0.6) is 5.75 Å². The normalized spacial score (nSPS) is 16.5. The maximum Gasteiger partial charge on any atom is 0.303 e. The molecular weight excluding hydrogens is 406 g/mol. The summed E-state index contributed by atoms with van der Waals surface area (Å²) in [6.45, 7) is 2.54. The van der Waals surface area contributed by atoms with Gasteiger partial charge in [-0.05, 0) is 79.0 Å². The summed E-state index contributed by atoms with van der Waals surface area (Å²) in [4.78, 5) is 14.4. The van der Waals surface area contributed by atoms with Crippen LogP contribution in [0, 0.1) is 0 Å². The van der Waals surface area contributed by atoms with Crippen LogP contribution in [0.3, 0.4) is 0 Å². The molecule has 1 aliphatic rings. The van der Waals surface area contributed by atoms with E-state index in [-0.39, 0.29) is 6.42 Å². The fraction of sp³-hybridized carbons (Fsp3) is 0.346. The van der Waals surface area contributed by atoms with E-state index >= 15 is 0 Å². The van der Waals surface area contributed by atoms with Gasteiger partial charge in [-0.3, -0.25) is 9.69 Å². The van der Waals surface area contributed by atoms with Gasteiger partial charge >= 0.3 is 5.97 Å². The third kappa shape index (κ3) is 6.18. The summed E-state index contributed by atoms with van der Waals surface area (Å²) in [7, 11) is 0. The van der Waals surface area contributed by atoms with E-state index in [1.54, 1.807) is 11.3 Å². The van der Waals surface area contributed by atoms with Crippen molar-refractivity contribution in [3.05, 3.63) is 77.2 Å². The number of carboxylic acids is 1. The fourth-order valence-corrected chi connectivity index (χ4v) is 4.91. The lowest BCUT2D eigenvalue weighted by atomic mass is 10.0. The smallest absolute Gasteiger partial charge is 0.303 e. The lowest BCUT2D eigenvalue weighted by Gasteiger charge is -2.24. The number of rotatable bonds is 10. The molecule has 31 heavy (non-hydrogen) atoms. The summed E-state index contributed by atoms with van der Waals surface area (Å²) in [6.07, 6.45) is 4.13. The van der Waals surface area contributed by atoms with Gasteiger partial charge in [0, 0.05) is 17.3 Å². The summed E-state index contributed by atoms with van der Waals surface area (Å²) in [6, 6.07) is 21.8. The van der Waals surface area contributed by atoms with Crippen molar-refractivity contribution >= 4 is 17.3 Å². The van der Waals surface area contributed by atoms with Crippen molar-refractivity contribution in [1.29, 1.82) is 0 Å². The average Bonchev–Trinajstić information content (AvgIpc) is 3.46. The SMILES string of the molecule is O=C(O)CCCN1CCC[C@@H]1COc1ccc(Cc2ccc(-c3cccs3)cc2)cc1. The van der Waals surface area contributed by atoms with Gasteiger partial charge in [-0.15, -0.1) is 11.3 Å². The second-order valence-electron chi connectivity index (χ2n) is 8.14. The minimum atomic E-state index is -0.717. The highest BCUT2D eigenvalue weighted by Gasteiger charge is 2.24. The first-order valence-corrected chi connectivity index (χ1v) is 11.9. The van der Waals surface area contributed by atoms with E-state index in [0.29, 0.717) is 19.1 Å². The summed E-state index contributed by atoms with van der Waals surface area (Å²) < 4.78 is 6.05. The number of hydrogen-bond acceptors (Lipinski definition) is 4. The molecule has 2 heterocycles. The number of likely N-dealkylation sites (tertiary alicyclic amines) is 1. The summed E-state index contributed by atoms with van der Waals surface area (Å²) >= 11 is 1.77. The Labute approximate surface area is 188 Å². The van der Waals surface area contributed by atoms with Gasteiger partial charge in [0.1, 0.15) is 12.4 Å². The maximum absolute atomic E-state index is 10.7. The van der Waals surface area contributed by atoms with Gasteiger partial charge in [-0.25, -0.2) is 0 Å². The molecule has 0 aliphatic carbocycles. The topological polar surface area (TPSA) is 49.8 Å². The number of carboxylic acid groups (broad SMARTS) is 1. The summed E-state index contributed by atoms with van der Waals surface area (Å²) in [5.74, 6) is 0.180. The zero-order valence-corrected chi connectivity index (χ0v) is 18.5. The number of benzene rings is 2. The van der Waals surface area contributed by atoms with E-state index in [2.05, 4.69) is 70.9 Å². The molecule has 162 valence electrons. The van der Waals surface area contributed by atoms with Gasteiger partial charge in [0.2, 0.25) is 0 Å². The monoisotopic (exact) mass is 435 g/mol. The van der Waals surface area contributed by atoms with Gasteiger partial charge in [0.15, 0.2) is 0 Å². The Morgan fingerprint density at radius 1 is 1.06 bits per heavy atom.